The molecule has 0 amide bonds. The molecule has 0 aromatic heterocycles. The summed E-state index contributed by atoms with van der Waals surface area (Å²) in [5.41, 5.74) is 1.27. The average Bonchev–Trinajstić information content (AvgIpc) is 1.87. The van der Waals surface area contributed by atoms with Gasteiger partial charge >= 0.3 is 0 Å². The van der Waals surface area contributed by atoms with E-state index in [2.05, 4.69) is 0 Å². The van der Waals surface area contributed by atoms with Gasteiger partial charge in [-0.3, -0.25) is 0 Å². The van der Waals surface area contributed by atoms with Gasteiger partial charge in [0, 0.05) is 13.2 Å². The first-order chi connectivity index (χ1) is 4.77. The van der Waals surface area contributed by atoms with E-state index in [0.29, 0.717) is 13.2 Å². The minimum Gasteiger partial charge on any atom is -0.396 e. The highest BCUT2D eigenvalue weighted by atomic mass is 16.5. The molecule has 0 radical (unpaired) electrons. The van der Waals surface area contributed by atoms with Crippen molar-refractivity contribution in [3.8, 4) is 0 Å². The quantitative estimate of drug-likeness (QED) is 0.466. The van der Waals surface area contributed by atoms with Crippen LogP contribution in [0.4, 0.5) is 0 Å². The number of aliphatic hydroxyl groups excluding tert-OH is 1. The molecule has 0 rings (SSSR count). The lowest BCUT2D eigenvalue weighted by Gasteiger charge is -1.97. The Balaban J connectivity index is 2.98. The van der Waals surface area contributed by atoms with E-state index in [1.54, 1.807) is 0 Å². The van der Waals surface area contributed by atoms with Gasteiger partial charge in [-0.1, -0.05) is 11.6 Å². The summed E-state index contributed by atoms with van der Waals surface area (Å²) in [5.74, 6) is 0. The summed E-state index contributed by atoms with van der Waals surface area (Å²) >= 11 is 0. The van der Waals surface area contributed by atoms with Crippen LogP contribution in [0.5, 0.6) is 0 Å². The molecule has 0 saturated carbocycles. The average molecular weight is 144 g/mol. The number of allylic oxidation sites excluding steroid dienone is 1. The predicted octanol–water partition coefficient (Wildman–Crippen LogP) is 1.35. The molecule has 10 heavy (non-hydrogen) atoms. The van der Waals surface area contributed by atoms with Gasteiger partial charge in [-0.25, -0.2) is 0 Å². The maximum Gasteiger partial charge on any atom is 0.0649 e. The second-order valence-corrected chi connectivity index (χ2v) is 2.43. The van der Waals surface area contributed by atoms with E-state index in [9.17, 15) is 0 Å². The Hall–Kier alpha value is -0.340. The van der Waals surface area contributed by atoms with Crippen LogP contribution >= 0.6 is 0 Å². The van der Waals surface area contributed by atoms with Crippen LogP contribution in [0.15, 0.2) is 11.6 Å². The van der Waals surface area contributed by atoms with Crippen LogP contribution in [0.2, 0.25) is 0 Å². The summed E-state index contributed by atoms with van der Waals surface area (Å²) in [6.07, 6.45) is 2.76. The third-order valence-electron chi connectivity index (χ3n) is 1.06. The molecule has 0 aromatic rings. The van der Waals surface area contributed by atoms with Gasteiger partial charge in [0.1, 0.15) is 0 Å². The molecule has 1 N–H and O–H groups in total. The molecule has 0 aliphatic rings. The molecule has 2 nitrogen and oxygen atoms in total. The molecule has 0 heterocycles. The number of hydrogen-bond donors (Lipinski definition) is 1. The van der Waals surface area contributed by atoms with Crippen molar-refractivity contribution in [1.29, 1.82) is 0 Å². The van der Waals surface area contributed by atoms with Crippen LogP contribution < -0.4 is 0 Å². The van der Waals surface area contributed by atoms with Crippen molar-refractivity contribution in [2.45, 2.75) is 20.3 Å². The Bertz CT molecular complexity index is 93.4. The molecule has 0 saturated heterocycles. The van der Waals surface area contributed by atoms with Gasteiger partial charge in [0.2, 0.25) is 0 Å². The van der Waals surface area contributed by atoms with Crippen molar-refractivity contribution >= 4 is 0 Å². The first kappa shape index (κ1) is 9.66. The summed E-state index contributed by atoms with van der Waals surface area (Å²) < 4.78 is 5.15. The molecule has 0 bridgehead atoms. The molecule has 0 fully saturated rings. The second kappa shape index (κ2) is 6.78. The molecular weight excluding hydrogens is 128 g/mol. The minimum absolute atomic E-state index is 0.217. The van der Waals surface area contributed by atoms with Gasteiger partial charge in [0.05, 0.1) is 6.61 Å². The highest BCUT2D eigenvalue weighted by Crippen LogP contribution is 1.88. The summed E-state index contributed by atoms with van der Waals surface area (Å²) in [7, 11) is 0. The smallest absolute Gasteiger partial charge is 0.0649 e. The first-order valence-electron chi connectivity index (χ1n) is 3.59. The van der Waals surface area contributed by atoms with Crippen molar-refractivity contribution in [3.05, 3.63) is 11.6 Å². The van der Waals surface area contributed by atoms with E-state index in [0.717, 1.165) is 6.42 Å². The lowest BCUT2D eigenvalue weighted by molar-refractivity contribution is 0.138. The van der Waals surface area contributed by atoms with Crippen LogP contribution in [0.3, 0.4) is 0 Å². The summed E-state index contributed by atoms with van der Waals surface area (Å²) in [6, 6.07) is 0. The normalized spacial score (nSPS) is 9.50. The van der Waals surface area contributed by atoms with E-state index in [1.165, 1.54) is 5.57 Å². The van der Waals surface area contributed by atoms with E-state index in [4.69, 9.17) is 9.84 Å². The largest absolute Gasteiger partial charge is 0.396 e. The zero-order chi connectivity index (χ0) is 7.82. The standard InChI is InChI=1S/C8H16O2/c1-8(2)4-7-10-6-3-5-9/h4,9H,3,5-7H2,1-2H3. The molecule has 0 aliphatic heterocycles. The van der Waals surface area contributed by atoms with Gasteiger partial charge in [0.25, 0.3) is 0 Å². The molecule has 0 atom stereocenters. The van der Waals surface area contributed by atoms with Gasteiger partial charge in [-0.2, -0.15) is 0 Å². The Morgan fingerprint density at radius 2 is 2.20 bits per heavy atom. The SMILES string of the molecule is CC(C)=CCOCCCO. The lowest BCUT2D eigenvalue weighted by Crippen LogP contribution is -1.96. The topological polar surface area (TPSA) is 29.5 Å². The van der Waals surface area contributed by atoms with Crippen LogP contribution in [0, 0.1) is 0 Å². The van der Waals surface area contributed by atoms with Crippen LogP contribution in [0.1, 0.15) is 20.3 Å². The summed E-state index contributed by atoms with van der Waals surface area (Å²) in [6.45, 7) is 5.61. The Kier molecular flexibility index (Phi) is 6.55. The molecule has 2 heteroatoms. The first-order valence-corrected chi connectivity index (χ1v) is 3.59. The van der Waals surface area contributed by atoms with Crippen molar-refractivity contribution in [2.24, 2.45) is 0 Å². The molecule has 0 unspecified atom stereocenters. The van der Waals surface area contributed by atoms with Crippen molar-refractivity contribution in [3.63, 3.8) is 0 Å². The number of ether oxygens (including phenoxy) is 1. The van der Waals surface area contributed by atoms with Crippen molar-refractivity contribution < 1.29 is 9.84 Å². The molecular formula is C8H16O2. The zero-order valence-corrected chi connectivity index (χ0v) is 6.76. The lowest BCUT2D eigenvalue weighted by atomic mass is 10.3. The summed E-state index contributed by atoms with van der Waals surface area (Å²) in [5, 5.41) is 8.38. The van der Waals surface area contributed by atoms with Gasteiger partial charge < -0.3 is 9.84 Å². The Labute approximate surface area is 62.5 Å². The van der Waals surface area contributed by atoms with Crippen molar-refractivity contribution in [2.75, 3.05) is 19.8 Å². The van der Waals surface area contributed by atoms with Crippen LogP contribution in [-0.2, 0) is 4.74 Å². The molecule has 0 spiro atoms. The Morgan fingerprint density at radius 3 is 2.70 bits per heavy atom. The van der Waals surface area contributed by atoms with E-state index in [1.807, 2.05) is 19.9 Å². The summed E-state index contributed by atoms with van der Waals surface area (Å²) in [4.78, 5) is 0. The number of hydrogen-bond acceptors (Lipinski definition) is 2. The third kappa shape index (κ3) is 7.66. The highest BCUT2D eigenvalue weighted by molar-refractivity contribution is 4.92. The maximum absolute atomic E-state index is 8.38. The fourth-order valence-corrected chi connectivity index (χ4v) is 0.476. The number of rotatable bonds is 5. The Morgan fingerprint density at radius 1 is 1.50 bits per heavy atom. The fraction of sp³-hybridized carbons (Fsp3) is 0.750. The van der Waals surface area contributed by atoms with Crippen LogP contribution in [-0.4, -0.2) is 24.9 Å². The van der Waals surface area contributed by atoms with Crippen LogP contribution in [0.25, 0.3) is 0 Å². The minimum atomic E-state index is 0.217. The highest BCUT2D eigenvalue weighted by Gasteiger charge is 1.83. The molecule has 0 aliphatic carbocycles. The van der Waals surface area contributed by atoms with Gasteiger partial charge in [-0.05, 0) is 20.3 Å². The van der Waals surface area contributed by atoms with Gasteiger partial charge in [-0.15, -0.1) is 0 Å². The molecule has 0 aromatic carbocycles. The monoisotopic (exact) mass is 144 g/mol. The van der Waals surface area contributed by atoms with Crippen molar-refractivity contribution in [1.82, 2.24) is 0 Å². The van der Waals surface area contributed by atoms with Gasteiger partial charge in [0.15, 0.2) is 0 Å². The van der Waals surface area contributed by atoms with E-state index in [-0.39, 0.29) is 6.61 Å². The predicted molar refractivity (Wildman–Crippen MR) is 42.0 cm³/mol. The zero-order valence-electron chi connectivity index (χ0n) is 6.76. The fourth-order valence-electron chi connectivity index (χ4n) is 0.476. The van der Waals surface area contributed by atoms with E-state index >= 15 is 0 Å². The number of aliphatic hydroxyl groups is 1. The second-order valence-electron chi connectivity index (χ2n) is 2.43. The molecule has 60 valence electrons. The third-order valence-corrected chi connectivity index (χ3v) is 1.06. The van der Waals surface area contributed by atoms with E-state index < -0.39 is 0 Å². The maximum atomic E-state index is 8.38.